The molecule has 1 rings (SSSR count). The smallest absolute Gasteiger partial charge is 0.217 e. The van der Waals surface area contributed by atoms with Gasteiger partial charge in [-0.3, -0.25) is 4.79 Å². The Labute approximate surface area is 77.1 Å². The van der Waals surface area contributed by atoms with Gasteiger partial charge < -0.3 is 0 Å². The maximum atomic E-state index is 11.0. The first-order valence-corrected chi connectivity index (χ1v) is 4.17. The molecule has 1 heterocycles. The Morgan fingerprint density at radius 1 is 1.46 bits per heavy atom. The predicted molar refractivity (Wildman–Crippen MR) is 47.3 cm³/mol. The van der Waals surface area contributed by atoms with Crippen LogP contribution in [0.5, 0.6) is 0 Å². The van der Waals surface area contributed by atoms with E-state index < -0.39 is 0 Å². The number of ketones is 1. The first kappa shape index (κ1) is 9.83. The summed E-state index contributed by atoms with van der Waals surface area (Å²) < 4.78 is 1.54. The van der Waals surface area contributed by atoms with E-state index >= 15 is 0 Å². The van der Waals surface area contributed by atoms with E-state index in [-0.39, 0.29) is 11.2 Å². The van der Waals surface area contributed by atoms with Crippen LogP contribution >= 0.6 is 0 Å². The molecule has 0 atom stereocenters. The minimum absolute atomic E-state index is 0.0690. The van der Waals surface area contributed by atoms with E-state index in [1.165, 1.54) is 6.92 Å². The molecule has 0 aliphatic carbocycles. The number of tetrazole rings is 1. The van der Waals surface area contributed by atoms with Gasteiger partial charge in [0.15, 0.2) is 5.78 Å². The maximum Gasteiger partial charge on any atom is 0.217 e. The zero-order valence-corrected chi connectivity index (χ0v) is 8.40. The lowest BCUT2D eigenvalue weighted by molar-refractivity contribution is 0.0995. The van der Waals surface area contributed by atoms with Crippen LogP contribution in [0, 0.1) is 5.41 Å². The molecule has 1 aromatic heterocycles. The molecule has 0 bridgehead atoms. The number of carbonyl (C=O) groups excluding carboxylic acids is 1. The van der Waals surface area contributed by atoms with Gasteiger partial charge in [0.2, 0.25) is 5.82 Å². The SMILES string of the molecule is CC(=O)c1nnnn1CC(C)(C)C. The number of aromatic nitrogens is 4. The Balaban J connectivity index is 2.89. The maximum absolute atomic E-state index is 11.0. The van der Waals surface area contributed by atoms with E-state index in [2.05, 4.69) is 36.3 Å². The van der Waals surface area contributed by atoms with Gasteiger partial charge in [-0.15, -0.1) is 5.10 Å². The molecule has 0 radical (unpaired) electrons. The van der Waals surface area contributed by atoms with Crippen LogP contribution in [0.15, 0.2) is 0 Å². The monoisotopic (exact) mass is 182 g/mol. The van der Waals surface area contributed by atoms with Crippen LogP contribution in [0.4, 0.5) is 0 Å². The molecular formula is C8H14N4O. The highest BCUT2D eigenvalue weighted by Crippen LogP contribution is 2.15. The van der Waals surface area contributed by atoms with Gasteiger partial charge in [-0.25, -0.2) is 4.68 Å². The zero-order valence-electron chi connectivity index (χ0n) is 8.40. The van der Waals surface area contributed by atoms with Crippen LogP contribution in [0.1, 0.15) is 38.3 Å². The van der Waals surface area contributed by atoms with Gasteiger partial charge in [0.05, 0.1) is 6.54 Å². The highest BCUT2D eigenvalue weighted by atomic mass is 16.1. The lowest BCUT2D eigenvalue weighted by Crippen LogP contribution is -2.20. The van der Waals surface area contributed by atoms with E-state index in [9.17, 15) is 4.79 Å². The fourth-order valence-electron chi connectivity index (χ4n) is 1.01. The molecule has 0 aliphatic heterocycles. The van der Waals surface area contributed by atoms with Crippen molar-refractivity contribution in [3.8, 4) is 0 Å². The molecule has 0 amide bonds. The molecule has 0 spiro atoms. The normalized spacial score (nSPS) is 11.7. The Morgan fingerprint density at radius 2 is 2.08 bits per heavy atom. The molecule has 1 aromatic rings. The number of Topliss-reactive ketones (excluding diaryl/α,β-unsaturated/α-hetero) is 1. The number of nitrogens with zero attached hydrogens (tertiary/aromatic N) is 4. The average molecular weight is 182 g/mol. The topological polar surface area (TPSA) is 60.7 Å². The van der Waals surface area contributed by atoms with E-state index in [0.29, 0.717) is 12.4 Å². The van der Waals surface area contributed by atoms with Gasteiger partial charge in [-0.1, -0.05) is 20.8 Å². The van der Waals surface area contributed by atoms with Crippen molar-refractivity contribution >= 4 is 5.78 Å². The van der Waals surface area contributed by atoms with Crippen molar-refractivity contribution in [3.05, 3.63) is 5.82 Å². The molecule has 5 nitrogen and oxygen atoms in total. The van der Waals surface area contributed by atoms with Crippen LogP contribution in [0.25, 0.3) is 0 Å². The second-order valence-electron chi connectivity index (χ2n) is 4.28. The number of hydrogen-bond acceptors (Lipinski definition) is 4. The van der Waals surface area contributed by atoms with Crippen molar-refractivity contribution in [2.24, 2.45) is 5.41 Å². The third-order valence-corrected chi connectivity index (χ3v) is 1.47. The van der Waals surface area contributed by atoms with Crippen molar-refractivity contribution in [2.75, 3.05) is 0 Å². The van der Waals surface area contributed by atoms with Crippen LogP contribution in [0.3, 0.4) is 0 Å². The van der Waals surface area contributed by atoms with Crippen molar-refractivity contribution in [1.29, 1.82) is 0 Å². The van der Waals surface area contributed by atoms with Gasteiger partial charge in [0, 0.05) is 6.92 Å². The predicted octanol–water partition coefficient (Wildman–Crippen LogP) is 0.922. The quantitative estimate of drug-likeness (QED) is 0.638. The fraction of sp³-hybridized carbons (Fsp3) is 0.750. The molecule has 72 valence electrons. The standard InChI is InChI=1S/C8H14N4O/c1-6(13)7-9-10-11-12(7)5-8(2,3)4/h5H2,1-4H3. The summed E-state index contributed by atoms with van der Waals surface area (Å²) in [6.45, 7) is 8.32. The van der Waals surface area contributed by atoms with Crippen molar-refractivity contribution in [2.45, 2.75) is 34.2 Å². The summed E-state index contributed by atoms with van der Waals surface area (Å²) >= 11 is 0. The lowest BCUT2D eigenvalue weighted by atomic mass is 9.97. The van der Waals surface area contributed by atoms with Crippen LogP contribution < -0.4 is 0 Å². The molecule has 0 aromatic carbocycles. The van der Waals surface area contributed by atoms with Crippen molar-refractivity contribution in [1.82, 2.24) is 20.2 Å². The molecule has 5 heteroatoms. The molecular weight excluding hydrogens is 168 g/mol. The molecule has 0 fully saturated rings. The third-order valence-electron chi connectivity index (χ3n) is 1.47. The minimum Gasteiger partial charge on any atom is -0.291 e. The lowest BCUT2D eigenvalue weighted by Gasteiger charge is -2.17. The highest BCUT2D eigenvalue weighted by Gasteiger charge is 2.17. The van der Waals surface area contributed by atoms with E-state index in [1.807, 2.05) is 0 Å². The summed E-state index contributed by atoms with van der Waals surface area (Å²) in [6, 6.07) is 0. The van der Waals surface area contributed by atoms with Crippen LogP contribution in [0.2, 0.25) is 0 Å². The first-order chi connectivity index (χ1) is 5.90. The number of hydrogen-bond donors (Lipinski definition) is 0. The van der Waals surface area contributed by atoms with Crippen molar-refractivity contribution in [3.63, 3.8) is 0 Å². The largest absolute Gasteiger partial charge is 0.291 e. The average Bonchev–Trinajstić information content (AvgIpc) is 2.31. The number of rotatable bonds is 2. The zero-order chi connectivity index (χ0) is 10.1. The third kappa shape index (κ3) is 2.61. The molecule has 0 unspecified atom stereocenters. The van der Waals surface area contributed by atoms with E-state index in [1.54, 1.807) is 4.68 Å². The summed E-state index contributed by atoms with van der Waals surface area (Å²) in [5, 5.41) is 10.9. The number of carbonyl (C=O) groups is 1. The first-order valence-electron chi connectivity index (χ1n) is 4.17. The Hall–Kier alpha value is -1.26. The van der Waals surface area contributed by atoms with E-state index in [4.69, 9.17) is 0 Å². The van der Waals surface area contributed by atoms with Crippen molar-refractivity contribution < 1.29 is 4.79 Å². The molecule has 13 heavy (non-hydrogen) atoms. The highest BCUT2D eigenvalue weighted by molar-refractivity contribution is 5.90. The second kappa shape index (κ2) is 3.24. The van der Waals surface area contributed by atoms with Gasteiger partial charge in [-0.2, -0.15) is 0 Å². The molecule has 0 aliphatic rings. The Bertz CT molecular complexity index is 310. The molecule has 0 saturated heterocycles. The summed E-state index contributed by atoms with van der Waals surface area (Å²) in [7, 11) is 0. The van der Waals surface area contributed by atoms with E-state index in [0.717, 1.165) is 0 Å². The summed E-state index contributed by atoms with van der Waals surface area (Å²) in [4.78, 5) is 11.0. The molecule has 0 saturated carbocycles. The Morgan fingerprint density at radius 3 is 2.54 bits per heavy atom. The van der Waals surface area contributed by atoms with Gasteiger partial charge in [-0.05, 0) is 15.8 Å². The summed E-state index contributed by atoms with van der Waals surface area (Å²) in [5.41, 5.74) is 0.0690. The Kier molecular flexibility index (Phi) is 2.45. The van der Waals surface area contributed by atoms with Gasteiger partial charge >= 0.3 is 0 Å². The van der Waals surface area contributed by atoms with Crippen LogP contribution in [-0.4, -0.2) is 26.0 Å². The summed E-state index contributed by atoms with van der Waals surface area (Å²) in [6.07, 6.45) is 0. The fourth-order valence-corrected chi connectivity index (χ4v) is 1.01. The van der Waals surface area contributed by atoms with Crippen LogP contribution in [-0.2, 0) is 6.54 Å². The minimum atomic E-state index is -0.103. The summed E-state index contributed by atoms with van der Waals surface area (Å²) in [5.74, 6) is 0.226. The van der Waals surface area contributed by atoms with Gasteiger partial charge in [0.1, 0.15) is 0 Å². The molecule has 0 N–H and O–H groups in total. The second-order valence-corrected chi connectivity index (χ2v) is 4.28. The van der Waals surface area contributed by atoms with Gasteiger partial charge in [0.25, 0.3) is 0 Å².